The predicted molar refractivity (Wildman–Crippen MR) is 92.7 cm³/mol. The maximum absolute atomic E-state index is 3.96. The van der Waals surface area contributed by atoms with Crippen molar-refractivity contribution >= 4 is 12.6 Å². The van der Waals surface area contributed by atoms with E-state index >= 15 is 0 Å². The van der Waals surface area contributed by atoms with E-state index in [1.165, 1.54) is 44.9 Å². The van der Waals surface area contributed by atoms with Gasteiger partial charge in [-0.15, -0.1) is 0 Å². The van der Waals surface area contributed by atoms with Crippen LogP contribution in [0.25, 0.3) is 0 Å². The fourth-order valence-corrected chi connectivity index (χ4v) is 1.75. The lowest BCUT2D eigenvalue weighted by Crippen LogP contribution is -1.77. The van der Waals surface area contributed by atoms with Gasteiger partial charge in [0.2, 0.25) is 0 Å². The number of allylic oxidation sites excluding steroid dienone is 9. The molecule has 0 heterocycles. The van der Waals surface area contributed by atoms with Crippen LogP contribution < -0.4 is 0 Å². The largest absolute Gasteiger partial charge is 0.151 e. The third-order valence-electron chi connectivity index (χ3n) is 2.72. The molecule has 0 atom stereocenters. The molecule has 0 radical (unpaired) electrons. The van der Waals surface area contributed by atoms with Crippen LogP contribution in [-0.4, -0.2) is 0 Å². The fourth-order valence-electron chi connectivity index (χ4n) is 1.65. The molecule has 106 valence electrons. The Balaban J connectivity index is 3.42. The molecule has 1 heteroatoms. The molecule has 0 bridgehead atoms. The van der Waals surface area contributed by atoms with Gasteiger partial charge < -0.3 is 0 Å². The molecular formula is C18H28S. The highest BCUT2D eigenvalue weighted by atomic mass is 32.1. The van der Waals surface area contributed by atoms with Crippen molar-refractivity contribution in [2.24, 2.45) is 0 Å². The normalized spacial score (nSPS) is 13.2. The Hall–Kier alpha value is -0.950. The lowest BCUT2D eigenvalue weighted by molar-refractivity contribution is 0.611. The Morgan fingerprint density at radius 3 is 1.79 bits per heavy atom. The first-order chi connectivity index (χ1) is 9.41. The summed E-state index contributed by atoms with van der Waals surface area (Å²) in [6, 6.07) is 0. The van der Waals surface area contributed by atoms with Crippen LogP contribution in [0.15, 0.2) is 60.1 Å². The SMILES string of the molecule is CCCCCCCC\C=C/C=C/C=C\C=C\C=C\S. The minimum absolute atomic E-state index is 1.20. The maximum atomic E-state index is 3.96. The summed E-state index contributed by atoms with van der Waals surface area (Å²) in [6.45, 7) is 2.26. The van der Waals surface area contributed by atoms with Gasteiger partial charge in [-0.05, 0) is 18.2 Å². The molecule has 0 aromatic heterocycles. The van der Waals surface area contributed by atoms with E-state index in [0.717, 1.165) is 0 Å². The lowest BCUT2D eigenvalue weighted by atomic mass is 10.1. The Morgan fingerprint density at radius 1 is 0.632 bits per heavy atom. The van der Waals surface area contributed by atoms with E-state index in [-0.39, 0.29) is 0 Å². The summed E-state index contributed by atoms with van der Waals surface area (Å²) >= 11 is 3.96. The molecule has 0 saturated heterocycles. The van der Waals surface area contributed by atoms with Crippen LogP contribution in [0.4, 0.5) is 0 Å². The van der Waals surface area contributed by atoms with Gasteiger partial charge in [0, 0.05) is 0 Å². The van der Waals surface area contributed by atoms with E-state index in [9.17, 15) is 0 Å². The average Bonchev–Trinajstić information content (AvgIpc) is 2.43. The fraction of sp³-hybridized carbons (Fsp3) is 0.444. The van der Waals surface area contributed by atoms with Crippen molar-refractivity contribution in [2.75, 3.05) is 0 Å². The first kappa shape index (κ1) is 18.0. The van der Waals surface area contributed by atoms with Crippen molar-refractivity contribution in [2.45, 2.75) is 51.9 Å². The van der Waals surface area contributed by atoms with Gasteiger partial charge in [0.1, 0.15) is 0 Å². The highest BCUT2D eigenvalue weighted by molar-refractivity contribution is 7.83. The zero-order valence-corrected chi connectivity index (χ0v) is 13.1. The summed E-state index contributed by atoms with van der Waals surface area (Å²) in [7, 11) is 0. The quantitative estimate of drug-likeness (QED) is 0.252. The zero-order chi connectivity index (χ0) is 14.0. The van der Waals surface area contributed by atoms with Crippen molar-refractivity contribution in [3.63, 3.8) is 0 Å². The Labute approximate surface area is 125 Å². The van der Waals surface area contributed by atoms with Gasteiger partial charge in [-0.1, -0.05) is 93.7 Å². The summed E-state index contributed by atoms with van der Waals surface area (Å²) in [5, 5.41) is 1.71. The van der Waals surface area contributed by atoms with Gasteiger partial charge in [0.15, 0.2) is 0 Å². The van der Waals surface area contributed by atoms with Crippen molar-refractivity contribution in [1.29, 1.82) is 0 Å². The van der Waals surface area contributed by atoms with Crippen LogP contribution in [-0.2, 0) is 0 Å². The van der Waals surface area contributed by atoms with Crippen molar-refractivity contribution in [3.05, 3.63) is 60.1 Å². The molecule has 0 aromatic carbocycles. The number of unbranched alkanes of at least 4 members (excludes halogenated alkanes) is 6. The van der Waals surface area contributed by atoms with Crippen molar-refractivity contribution in [1.82, 2.24) is 0 Å². The first-order valence-corrected chi connectivity index (χ1v) is 7.89. The molecular weight excluding hydrogens is 248 g/mol. The highest BCUT2D eigenvalue weighted by Gasteiger charge is 1.87. The Morgan fingerprint density at radius 2 is 1.16 bits per heavy atom. The van der Waals surface area contributed by atoms with E-state index < -0.39 is 0 Å². The number of thiol groups is 1. The van der Waals surface area contributed by atoms with Crippen LogP contribution >= 0.6 is 12.6 Å². The zero-order valence-electron chi connectivity index (χ0n) is 12.2. The van der Waals surface area contributed by atoms with Crippen LogP contribution in [0.1, 0.15) is 51.9 Å². The second kappa shape index (κ2) is 17.1. The molecule has 0 amide bonds. The third kappa shape index (κ3) is 17.1. The second-order valence-corrected chi connectivity index (χ2v) is 4.78. The summed E-state index contributed by atoms with van der Waals surface area (Å²) in [5.41, 5.74) is 0. The van der Waals surface area contributed by atoms with Crippen LogP contribution in [0.5, 0.6) is 0 Å². The number of hydrogen-bond donors (Lipinski definition) is 1. The summed E-state index contributed by atoms with van der Waals surface area (Å²) in [6.07, 6.45) is 27.8. The molecule has 0 aromatic rings. The van der Waals surface area contributed by atoms with E-state index in [1.807, 2.05) is 36.5 Å². The smallest absolute Gasteiger partial charge is 0.0324 e. The van der Waals surface area contributed by atoms with Gasteiger partial charge in [-0.3, -0.25) is 0 Å². The van der Waals surface area contributed by atoms with Crippen LogP contribution in [0, 0.1) is 0 Å². The molecule has 0 N–H and O–H groups in total. The second-order valence-electron chi connectivity index (χ2n) is 4.48. The topological polar surface area (TPSA) is 0 Å². The first-order valence-electron chi connectivity index (χ1n) is 7.37. The molecule has 0 aliphatic carbocycles. The standard InChI is InChI=1S/C18H28S/c1-2-3-4-5-6-7-8-9-10-11-12-13-14-15-16-17-18-19/h9-19H,2-8H2,1H3/b10-9-,12-11+,14-13-,16-15+,18-17+. The van der Waals surface area contributed by atoms with Gasteiger partial charge in [-0.25, -0.2) is 0 Å². The molecule has 0 nitrogen and oxygen atoms in total. The minimum atomic E-state index is 1.20. The Bertz CT molecular complexity index is 306. The van der Waals surface area contributed by atoms with Gasteiger partial charge in [0.25, 0.3) is 0 Å². The summed E-state index contributed by atoms with van der Waals surface area (Å²) in [4.78, 5) is 0. The van der Waals surface area contributed by atoms with E-state index in [1.54, 1.807) is 5.41 Å². The van der Waals surface area contributed by atoms with Gasteiger partial charge >= 0.3 is 0 Å². The average molecular weight is 276 g/mol. The van der Waals surface area contributed by atoms with E-state index in [4.69, 9.17) is 0 Å². The van der Waals surface area contributed by atoms with Crippen LogP contribution in [0.2, 0.25) is 0 Å². The van der Waals surface area contributed by atoms with E-state index in [2.05, 4.69) is 37.8 Å². The van der Waals surface area contributed by atoms with Gasteiger partial charge in [0.05, 0.1) is 0 Å². The molecule has 0 aliphatic heterocycles. The molecule has 0 unspecified atom stereocenters. The molecule has 0 saturated carbocycles. The van der Waals surface area contributed by atoms with Gasteiger partial charge in [-0.2, -0.15) is 12.6 Å². The van der Waals surface area contributed by atoms with Crippen LogP contribution in [0.3, 0.4) is 0 Å². The Kier molecular flexibility index (Phi) is 16.2. The summed E-state index contributed by atoms with van der Waals surface area (Å²) in [5.74, 6) is 0. The maximum Gasteiger partial charge on any atom is -0.0324 e. The molecule has 0 fully saturated rings. The number of rotatable bonds is 11. The summed E-state index contributed by atoms with van der Waals surface area (Å²) < 4.78 is 0. The lowest BCUT2D eigenvalue weighted by Gasteiger charge is -1.97. The molecule has 0 spiro atoms. The predicted octanol–water partition coefficient (Wildman–Crippen LogP) is 6.41. The monoisotopic (exact) mass is 276 g/mol. The van der Waals surface area contributed by atoms with Crippen molar-refractivity contribution < 1.29 is 0 Å². The molecule has 0 aliphatic rings. The molecule has 19 heavy (non-hydrogen) atoms. The van der Waals surface area contributed by atoms with Crippen molar-refractivity contribution in [3.8, 4) is 0 Å². The van der Waals surface area contributed by atoms with E-state index in [0.29, 0.717) is 0 Å². The highest BCUT2D eigenvalue weighted by Crippen LogP contribution is 2.07. The minimum Gasteiger partial charge on any atom is -0.151 e. The third-order valence-corrected chi connectivity index (χ3v) is 2.90. The number of hydrogen-bond acceptors (Lipinski definition) is 1. The molecule has 0 rings (SSSR count).